The van der Waals surface area contributed by atoms with E-state index in [9.17, 15) is 9.18 Å². The molecule has 86 valence electrons. The van der Waals surface area contributed by atoms with Crippen molar-refractivity contribution < 1.29 is 9.18 Å². The molecule has 1 aliphatic rings. The summed E-state index contributed by atoms with van der Waals surface area (Å²) in [4.78, 5) is 11.9. The molecule has 16 heavy (non-hydrogen) atoms. The molecule has 1 aliphatic carbocycles. The van der Waals surface area contributed by atoms with Crippen LogP contribution in [0.4, 0.5) is 4.39 Å². The zero-order valence-electron chi connectivity index (χ0n) is 8.80. The van der Waals surface area contributed by atoms with Gasteiger partial charge in [-0.1, -0.05) is 6.07 Å². The second-order valence-electron chi connectivity index (χ2n) is 4.33. The number of carbonyl (C=O) groups excluding carboxylic acids is 1. The highest BCUT2D eigenvalue weighted by Crippen LogP contribution is 2.46. The normalized spacial score (nSPS) is 17.2. The molecule has 0 amide bonds. The lowest BCUT2D eigenvalue weighted by Crippen LogP contribution is -2.26. The Hall–Kier alpha value is -0.740. The fourth-order valence-electron chi connectivity index (χ4n) is 1.77. The average Bonchev–Trinajstić information content (AvgIpc) is 3.04. The van der Waals surface area contributed by atoms with E-state index in [1.807, 2.05) is 0 Å². The third-order valence-corrected chi connectivity index (χ3v) is 3.79. The third kappa shape index (κ3) is 2.18. The van der Waals surface area contributed by atoms with Crippen molar-refractivity contribution in [1.82, 2.24) is 0 Å². The maximum absolute atomic E-state index is 13.0. The van der Waals surface area contributed by atoms with Gasteiger partial charge in [-0.3, -0.25) is 4.79 Å². The molecular weight excluding hydrogens is 273 g/mol. The quantitative estimate of drug-likeness (QED) is 0.923. The Morgan fingerprint density at radius 1 is 1.50 bits per heavy atom. The Kier molecular flexibility index (Phi) is 3.13. The van der Waals surface area contributed by atoms with Crippen molar-refractivity contribution in [3.05, 3.63) is 34.1 Å². The van der Waals surface area contributed by atoms with E-state index in [0.717, 1.165) is 18.4 Å². The maximum Gasteiger partial charge on any atom is 0.144 e. The number of hydrogen-bond acceptors (Lipinski definition) is 2. The molecule has 0 radical (unpaired) electrons. The number of rotatable bonds is 4. The molecule has 0 saturated heterocycles. The lowest BCUT2D eigenvalue weighted by Gasteiger charge is -2.10. The fraction of sp³-hybridized carbons (Fsp3) is 0.417. The van der Waals surface area contributed by atoms with Gasteiger partial charge in [-0.25, -0.2) is 4.39 Å². The molecule has 4 heteroatoms. The van der Waals surface area contributed by atoms with Crippen molar-refractivity contribution in [3.63, 3.8) is 0 Å². The van der Waals surface area contributed by atoms with Crippen LogP contribution in [0.25, 0.3) is 0 Å². The van der Waals surface area contributed by atoms with Crippen molar-refractivity contribution in [2.24, 2.45) is 11.1 Å². The summed E-state index contributed by atoms with van der Waals surface area (Å²) in [5.41, 5.74) is 6.14. The average molecular weight is 286 g/mol. The maximum atomic E-state index is 13.0. The molecule has 0 spiro atoms. The topological polar surface area (TPSA) is 43.1 Å². The van der Waals surface area contributed by atoms with Crippen LogP contribution in [0.3, 0.4) is 0 Å². The van der Waals surface area contributed by atoms with Crippen LogP contribution in [0.5, 0.6) is 0 Å². The van der Waals surface area contributed by atoms with Gasteiger partial charge >= 0.3 is 0 Å². The molecule has 1 saturated carbocycles. The van der Waals surface area contributed by atoms with E-state index in [1.54, 1.807) is 12.1 Å². The van der Waals surface area contributed by atoms with Crippen LogP contribution in [0.15, 0.2) is 22.7 Å². The van der Waals surface area contributed by atoms with Crippen LogP contribution in [-0.4, -0.2) is 12.3 Å². The highest BCUT2D eigenvalue weighted by Gasteiger charge is 2.47. The van der Waals surface area contributed by atoms with Crippen LogP contribution in [-0.2, 0) is 11.2 Å². The Morgan fingerprint density at radius 3 is 2.69 bits per heavy atom. The van der Waals surface area contributed by atoms with E-state index in [4.69, 9.17) is 5.73 Å². The number of nitrogens with two attached hydrogens (primary N) is 1. The van der Waals surface area contributed by atoms with E-state index in [0.29, 0.717) is 17.4 Å². The first-order valence-corrected chi connectivity index (χ1v) is 6.04. The molecule has 2 nitrogen and oxygen atoms in total. The molecule has 0 bridgehead atoms. The van der Waals surface area contributed by atoms with Crippen LogP contribution in [0.1, 0.15) is 18.4 Å². The van der Waals surface area contributed by atoms with Gasteiger partial charge in [-0.15, -0.1) is 0 Å². The first-order chi connectivity index (χ1) is 7.57. The second-order valence-corrected chi connectivity index (χ2v) is 5.19. The zero-order chi connectivity index (χ0) is 11.8. The minimum absolute atomic E-state index is 0.175. The Bertz CT molecular complexity index is 429. The Balaban J connectivity index is 2.09. The Morgan fingerprint density at radius 2 is 2.19 bits per heavy atom. The molecule has 1 aromatic rings. The molecule has 0 unspecified atom stereocenters. The number of ketones is 1. The summed E-state index contributed by atoms with van der Waals surface area (Å²) in [5, 5.41) is 0. The molecule has 0 heterocycles. The number of halogens is 2. The minimum Gasteiger partial charge on any atom is -0.329 e. The monoisotopic (exact) mass is 285 g/mol. The molecule has 0 aliphatic heterocycles. The number of benzene rings is 1. The molecule has 0 atom stereocenters. The molecular formula is C12H13BrFNO. The van der Waals surface area contributed by atoms with Crippen LogP contribution >= 0.6 is 15.9 Å². The van der Waals surface area contributed by atoms with Crippen molar-refractivity contribution in [1.29, 1.82) is 0 Å². The Labute approximate surface area is 102 Å². The summed E-state index contributed by atoms with van der Waals surface area (Å²) >= 11 is 3.11. The summed E-state index contributed by atoms with van der Waals surface area (Å²) < 4.78 is 13.4. The number of Topliss-reactive ketones (excluding diaryl/α,β-unsaturated/α-hetero) is 1. The zero-order valence-corrected chi connectivity index (χ0v) is 10.4. The predicted molar refractivity (Wildman–Crippen MR) is 63.5 cm³/mol. The SMILES string of the molecule is NCC1(C(=O)Cc2ccc(F)c(Br)c2)CC1. The largest absolute Gasteiger partial charge is 0.329 e. The van der Waals surface area contributed by atoms with Crippen molar-refractivity contribution in [2.75, 3.05) is 6.54 Å². The second kappa shape index (κ2) is 4.26. The van der Waals surface area contributed by atoms with Crippen molar-refractivity contribution >= 4 is 21.7 Å². The van der Waals surface area contributed by atoms with Crippen LogP contribution in [0, 0.1) is 11.2 Å². The summed E-state index contributed by atoms with van der Waals surface area (Å²) in [6, 6.07) is 4.67. The van der Waals surface area contributed by atoms with Gasteiger partial charge in [0, 0.05) is 18.4 Å². The molecule has 0 aromatic heterocycles. The standard InChI is InChI=1S/C12H13BrFNO/c13-9-5-8(1-2-10(9)14)6-11(16)12(7-15)3-4-12/h1-2,5H,3-4,6-7,15H2. The van der Waals surface area contributed by atoms with E-state index in [-0.39, 0.29) is 17.0 Å². The number of hydrogen-bond donors (Lipinski definition) is 1. The molecule has 2 N–H and O–H groups in total. The highest BCUT2D eigenvalue weighted by atomic mass is 79.9. The van der Waals surface area contributed by atoms with E-state index < -0.39 is 0 Å². The summed E-state index contributed by atoms with van der Waals surface area (Å²) in [6.07, 6.45) is 2.13. The van der Waals surface area contributed by atoms with Crippen molar-refractivity contribution in [2.45, 2.75) is 19.3 Å². The van der Waals surface area contributed by atoms with Gasteiger partial charge < -0.3 is 5.73 Å². The first-order valence-electron chi connectivity index (χ1n) is 5.25. The predicted octanol–water partition coefficient (Wildman–Crippen LogP) is 2.44. The van der Waals surface area contributed by atoms with Crippen molar-refractivity contribution in [3.8, 4) is 0 Å². The van der Waals surface area contributed by atoms with E-state index in [2.05, 4.69) is 15.9 Å². The van der Waals surface area contributed by atoms with E-state index >= 15 is 0 Å². The van der Waals surface area contributed by atoms with Crippen LogP contribution in [0.2, 0.25) is 0 Å². The van der Waals surface area contributed by atoms with E-state index in [1.165, 1.54) is 6.07 Å². The summed E-state index contributed by atoms with van der Waals surface area (Å²) in [5.74, 6) is -0.135. The van der Waals surface area contributed by atoms with Gasteiger partial charge in [-0.05, 0) is 46.5 Å². The van der Waals surface area contributed by atoms with Gasteiger partial charge in [0.2, 0.25) is 0 Å². The summed E-state index contributed by atoms with van der Waals surface area (Å²) in [6.45, 7) is 0.425. The van der Waals surface area contributed by atoms with Crippen LogP contribution < -0.4 is 5.73 Å². The van der Waals surface area contributed by atoms with Gasteiger partial charge in [0.05, 0.1) is 4.47 Å². The molecule has 2 rings (SSSR count). The minimum atomic E-state index is -0.309. The summed E-state index contributed by atoms with van der Waals surface area (Å²) in [7, 11) is 0. The van der Waals surface area contributed by atoms with Gasteiger partial charge in [0.1, 0.15) is 11.6 Å². The smallest absolute Gasteiger partial charge is 0.144 e. The first kappa shape index (κ1) is 11.7. The number of carbonyl (C=O) groups is 1. The fourth-order valence-corrected chi connectivity index (χ4v) is 2.20. The highest BCUT2D eigenvalue weighted by molar-refractivity contribution is 9.10. The lowest BCUT2D eigenvalue weighted by atomic mass is 9.95. The van der Waals surface area contributed by atoms with Gasteiger partial charge in [0.15, 0.2) is 0 Å². The third-order valence-electron chi connectivity index (χ3n) is 3.18. The van der Waals surface area contributed by atoms with Gasteiger partial charge in [-0.2, -0.15) is 0 Å². The lowest BCUT2D eigenvalue weighted by molar-refractivity contribution is -0.123. The van der Waals surface area contributed by atoms with Gasteiger partial charge in [0.25, 0.3) is 0 Å². The molecule has 1 fully saturated rings. The molecule has 1 aromatic carbocycles.